The monoisotopic (exact) mass is 489 g/mol. The first-order valence-corrected chi connectivity index (χ1v) is 10.7. The Morgan fingerprint density at radius 1 is 1.30 bits per heavy atom. The van der Waals surface area contributed by atoms with E-state index in [-0.39, 0.29) is 24.3 Å². The van der Waals surface area contributed by atoms with Gasteiger partial charge in [-0.2, -0.15) is 0 Å². The first-order valence-electron chi connectivity index (χ1n) is 9.09. The molecule has 0 radical (unpaired) electrons. The second-order valence-corrected chi connectivity index (χ2v) is 9.04. The second-order valence-electron chi connectivity index (χ2n) is 7.11. The van der Waals surface area contributed by atoms with Crippen LogP contribution in [0.15, 0.2) is 34.8 Å². The Balaban J connectivity index is 1.68. The molecular formula is C21H20BrN3O4S. The third kappa shape index (κ3) is 4.90. The number of hydrogen-bond acceptors (Lipinski definition) is 5. The molecule has 0 saturated carbocycles. The number of carbonyl (C=O) groups is 3. The summed E-state index contributed by atoms with van der Waals surface area (Å²) in [5.41, 5.74) is 0.0724. The number of ether oxygens (including phenoxy) is 1. The molecule has 2 N–H and O–H groups in total. The highest BCUT2D eigenvalue weighted by Crippen LogP contribution is 2.30. The van der Waals surface area contributed by atoms with Crippen molar-refractivity contribution in [1.29, 1.82) is 0 Å². The van der Waals surface area contributed by atoms with Crippen molar-refractivity contribution in [3.05, 3.63) is 44.6 Å². The van der Waals surface area contributed by atoms with Crippen LogP contribution in [0.3, 0.4) is 0 Å². The van der Waals surface area contributed by atoms with Crippen LogP contribution >= 0.6 is 27.3 Å². The molecule has 2 heterocycles. The summed E-state index contributed by atoms with van der Waals surface area (Å²) in [6.07, 6.45) is 5.34. The van der Waals surface area contributed by atoms with Crippen molar-refractivity contribution in [2.24, 2.45) is 0 Å². The largest absolute Gasteiger partial charge is 0.370 e. The average Bonchev–Trinajstić information content (AvgIpc) is 3.18. The number of rotatable bonds is 5. The Kier molecular flexibility index (Phi) is 6.61. The third-order valence-electron chi connectivity index (χ3n) is 4.45. The minimum Gasteiger partial charge on any atom is -0.370 e. The van der Waals surface area contributed by atoms with E-state index in [1.54, 1.807) is 49.1 Å². The molecule has 0 spiro atoms. The number of nitrogens with zero attached hydrogens (tertiary/aromatic N) is 1. The van der Waals surface area contributed by atoms with Crippen molar-refractivity contribution >= 4 is 56.4 Å². The van der Waals surface area contributed by atoms with E-state index in [4.69, 9.17) is 11.2 Å². The van der Waals surface area contributed by atoms with Crippen LogP contribution in [0, 0.1) is 12.3 Å². The number of amides is 3. The van der Waals surface area contributed by atoms with Crippen LogP contribution in [0.2, 0.25) is 0 Å². The Hall–Kier alpha value is -2.67. The van der Waals surface area contributed by atoms with Gasteiger partial charge in [-0.3, -0.25) is 14.4 Å². The first kappa shape index (κ1) is 22.0. The van der Waals surface area contributed by atoms with E-state index in [1.807, 2.05) is 0 Å². The fourth-order valence-corrected chi connectivity index (χ4v) is 4.11. The number of carbonyl (C=O) groups excluding carboxylic acids is 3. The van der Waals surface area contributed by atoms with Gasteiger partial charge in [0, 0.05) is 16.7 Å². The van der Waals surface area contributed by atoms with Gasteiger partial charge in [0.15, 0.2) is 0 Å². The summed E-state index contributed by atoms with van der Waals surface area (Å²) < 4.78 is 5.82. The van der Waals surface area contributed by atoms with Gasteiger partial charge in [0.2, 0.25) is 5.91 Å². The highest BCUT2D eigenvalue weighted by Gasteiger charge is 2.31. The van der Waals surface area contributed by atoms with Crippen molar-refractivity contribution in [3.63, 3.8) is 0 Å². The molecule has 0 bridgehead atoms. The highest BCUT2D eigenvalue weighted by molar-refractivity contribution is 9.10. The van der Waals surface area contributed by atoms with Gasteiger partial charge < -0.3 is 20.3 Å². The van der Waals surface area contributed by atoms with Crippen LogP contribution in [0.5, 0.6) is 0 Å². The molecule has 3 amide bonds. The van der Waals surface area contributed by atoms with Crippen molar-refractivity contribution in [2.75, 3.05) is 30.0 Å². The van der Waals surface area contributed by atoms with Gasteiger partial charge in [-0.15, -0.1) is 17.8 Å². The van der Waals surface area contributed by atoms with E-state index in [1.165, 1.54) is 11.3 Å². The van der Waals surface area contributed by atoms with Gasteiger partial charge in [0.25, 0.3) is 11.8 Å². The summed E-state index contributed by atoms with van der Waals surface area (Å²) >= 11 is 4.65. The van der Waals surface area contributed by atoms with Crippen LogP contribution < -0.4 is 15.5 Å². The molecule has 0 aliphatic carbocycles. The molecule has 0 unspecified atom stereocenters. The predicted molar refractivity (Wildman–Crippen MR) is 120 cm³/mol. The molecule has 3 rings (SSSR count). The molecule has 1 aromatic heterocycles. The van der Waals surface area contributed by atoms with Crippen molar-refractivity contribution in [1.82, 2.24) is 5.32 Å². The zero-order valence-electron chi connectivity index (χ0n) is 16.5. The maximum atomic E-state index is 12.8. The van der Waals surface area contributed by atoms with Crippen molar-refractivity contribution in [2.45, 2.75) is 19.4 Å². The Morgan fingerprint density at radius 2 is 2.07 bits per heavy atom. The van der Waals surface area contributed by atoms with E-state index in [0.717, 1.165) is 0 Å². The molecule has 7 nitrogen and oxygen atoms in total. The highest BCUT2D eigenvalue weighted by atomic mass is 79.9. The summed E-state index contributed by atoms with van der Waals surface area (Å²) in [7, 11) is 0. The van der Waals surface area contributed by atoms with Crippen molar-refractivity contribution in [3.8, 4) is 12.3 Å². The average molecular weight is 490 g/mol. The lowest BCUT2D eigenvalue weighted by atomic mass is 10.0. The molecule has 1 aromatic carbocycles. The lowest BCUT2D eigenvalue weighted by Gasteiger charge is -2.28. The second kappa shape index (κ2) is 9.00. The quantitative estimate of drug-likeness (QED) is 0.631. The number of terminal acetylenes is 1. The zero-order chi connectivity index (χ0) is 21.9. The van der Waals surface area contributed by atoms with Gasteiger partial charge in [0.1, 0.15) is 12.1 Å². The normalized spacial score (nSPS) is 14.2. The van der Waals surface area contributed by atoms with Crippen LogP contribution in [0.1, 0.15) is 28.4 Å². The fraction of sp³-hybridized carbons (Fsp3) is 0.286. The van der Waals surface area contributed by atoms with Crippen LogP contribution in [0.25, 0.3) is 0 Å². The van der Waals surface area contributed by atoms with Crippen molar-refractivity contribution < 1.29 is 19.1 Å². The number of thiophene rings is 1. The summed E-state index contributed by atoms with van der Waals surface area (Å²) in [5, 5.41) is 5.52. The van der Waals surface area contributed by atoms with Gasteiger partial charge in [-0.25, -0.2) is 0 Å². The number of benzene rings is 1. The minimum absolute atomic E-state index is 0.0475. The molecule has 9 heteroatoms. The minimum atomic E-state index is -1.16. The summed E-state index contributed by atoms with van der Waals surface area (Å²) in [6, 6.07) is 8.49. The fourth-order valence-electron chi connectivity index (χ4n) is 2.80. The Labute approximate surface area is 186 Å². The zero-order valence-corrected chi connectivity index (χ0v) is 18.9. The van der Waals surface area contributed by atoms with Crippen LogP contribution in [-0.4, -0.2) is 43.0 Å². The van der Waals surface area contributed by atoms with Crippen LogP contribution in [0.4, 0.5) is 11.4 Å². The van der Waals surface area contributed by atoms with Gasteiger partial charge >= 0.3 is 0 Å². The number of nitrogens with one attached hydrogen (secondary N) is 2. The molecular weight excluding hydrogens is 470 g/mol. The number of halogens is 1. The lowest BCUT2D eigenvalue weighted by Crippen LogP contribution is -2.52. The molecule has 30 heavy (non-hydrogen) atoms. The van der Waals surface area contributed by atoms with E-state index in [2.05, 4.69) is 32.5 Å². The molecule has 1 saturated heterocycles. The van der Waals surface area contributed by atoms with Crippen LogP contribution in [-0.2, 0) is 14.3 Å². The first-order chi connectivity index (χ1) is 14.2. The topological polar surface area (TPSA) is 87.7 Å². The Morgan fingerprint density at radius 3 is 2.70 bits per heavy atom. The lowest BCUT2D eigenvalue weighted by molar-refractivity contribution is -0.125. The molecule has 156 valence electrons. The SMILES string of the molecule is C#Cc1ccc(C(=O)NC(C)(C)C(=O)Nc2ccc(N3CCOCC3=O)c(Br)c2)s1. The number of morpholine rings is 1. The van der Waals surface area contributed by atoms with Gasteiger partial charge in [0.05, 0.1) is 22.0 Å². The molecule has 1 aliphatic rings. The summed E-state index contributed by atoms with van der Waals surface area (Å²) in [5.74, 6) is 1.60. The third-order valence-corrected chi connectivity index (χ3v) is 6.10. The number of anilines is 2. The van der Waals surface area contributed by atoms with Gasteiger partial charge in [-0.1, -0.05) is 5.92 Å². The van der Waals surface area contributed by atoms with E-state index in [0.29, 0.717) is 38.8 Å². The van der Waals surface area contributed by atoms with Gasteiger partial charge in [-0.05, 0) is 60.1 Å². The smallest absolute Gasteiger partial charge is 0.262 e. The van der Waals surface area contributed by atoms with E-state index < -0.39 is 5.54 Å². The molecule has 0 atom stereocenters. The van der Waals surface area contributed by atoms with E-state index in [9.17, 15) is 14.4 Å². The maximum Gasteiger partial charge on any atom is 0.262 e. The van der Waals surface area contributed by atoms with E-state index >= 15 is 0 Å². The molecule has 1 fully saturated rings. The summed E-state index contributed by atoms with van der Waals surface area (Å²) in [6.45, 7) is 4.22. The summed E-state index contributed by atoms with van der Waals surface area (Å²) in [4.78, 5) is 40.0. The standard InChI is InChI=1S/C21H20BrN3O4S/c1-4-14-6-8-17(30-14)19(27)24-21(2,3)20(28)23-13-5-7-16(15(22)11-13)25-9-10-29-12-18(25)26/h1,5-8,11H,9-10,12H2,2-3H3,(H,23,28)(H,24,27). The predicted octanol–water partition coefficient (Wildman–Crippen LogP) is 3.00. The Bertz CT molecular complexity index is 1040. The molecule has 2 aromatic rings. The maximum absolute atomic E-state index is 12.8. The molecule has 1 aliphatic heterocycles. The number of hydrogen-bond donors (Lipinski definition) is 2.